The molecule has 2 heterocycles. The second-order valence-corrected chi connectivity index (χ2v) is 8.29. The molecule has 2 N–H and O–H groups in total. The third-order valence-corrected chi connectivity index (χ3v) is 6.13. The van der Waals surface area contributed by atoms with E-state index in [1.54, 1.807) is 21.3 Å². The van der Waals surface area contributed by atoms with Crippen molar-refractivity contribution in [3.8, 4) is 17.2 Å². The molecule has 0 unspecified atom stereocenters. The van der Waals surface area contributed by atoms with Gasteiger partial charge in [-0.05, 0) is 36.2 Å². The van der Waals surface area contributed by atoms with Crippen LogP contribution in [0.5, 0.6) is 17.2 Å². The molecule has 0 saturated carbocycles. The van der Waals surface area contributed by atoms with E-state index in [9.17, 15) is 0 Å². The van der Waals surface area contributed by atoms with Gasteiger partial charge in [-0.25, -0.2) is 15.0 Å². The summed E-state index contributed by atoms with van der Waals surface area (Å²) in [5.74, 6) is 2.01. The first kappa shape index (κ1) is 22.0. The number of rotatable bonds is 8. The van der Waals surface area contributed by atoms with Gasteiger partial charge in [0.05, 0.1) is 21.3 Å². The molecular weight excluding hydrogens is 450 g/mol. The average Bonchev–Trinajstić information content (AvgIpc) is 3.16. The Morgan fingerprint density at radius 2 is 1.69 bits per heavy atom. The quantitative estimate of drug-likeness (QED) is 0.401. The molecule has 0 fully saturated rings. The van der Waals surface area contributed by atoms with Crippen molar-refractivity contribution in [1.82, 2.24) is 19.5 Å². The molecule has 2 aromatic carbocycles. The minimum absolute atomic E-state index is 0.340. The van der Waals surface area contributed by atoms with E-state index in [-0.39, 0.29) is 0 Å². The fraction of sp³-hybridized carbons (Fsp3) is 0.227. The SMILES string of the molecule is COc1cc(Sc2nc3c(N)ncnc3n2CCc2ccc(Cl)cc2)cc(OC)c1OC. The second-order valence-electron chi connectivity index (χ2n) is 6.82. The zero-order chi connectivity index (χ0) is 22.7. The average molecular weight is 472 g/mol. The van der Waals surface area contributed by atoms with Crippen LogP contribution in [0.2, 0.25) is 5.02 Å². The number of benzene rings is 2. The fourth-order valence-corrected chi connectivity index (χ4v) is 4.42. The maximum atomic E-state index is 6.08. The zero-order valence-corrected chi connectivity index (χ0v) is 19.4. The lowest BCUT2D eigenvalue weighted by Crippen LogP contribution is -2.04. The number of hydrogen-bond donors (Lipinski definition) is 1. The lowest BCUT2D eigenvalue weighted by molar-refractivity contribution is 0.323. The van der Waals surface area contributed by atoms with E-state index in [2.05, 4.69) is 9.97 Å². The van der Waals surface area contributed by atoms with Crippen LogP contribution >= 0.6 is 23.4 Å². The number of halogens is 1. The van der Waals surface area contributed by atoms with Crippen LogP contribution in [-0.2, 0) is 13.0 Å². The van der Waals surface area contributed by atoms with Crippen molar-refractivity contribution in [2.45, 2.75) is 23.0 Å². The van der Waals surface area contributed by atoms with Crippen molar-refractivity contribution in [3.05, 3.63) is 53.3 Å². The van der Waals surface area contributed by atoms with Crippen molar-refractivity contribution in [1.29, 1.82) is 0 Å². The molecule has 2 aromatic heterocycles. The predicted molar refractivity (Wildman–Crippen MR) is 125 cm³/mol. The highest BCUT2D eigenvalue weighted by molar-refractivity contribution is 7.99. The molecule has 0 aliphatic carbocycles. The molecule has 10 heteroatoms. The third-order valence-electron chi connectivity index (χ3n) is 4.91. The first-order valence-corrected chi connectivity index (χ1v) is 10.9. The highest BCUT2D eigenvalue weighted by Crippen LogP contribution is 2.42. The van der Waals surface area contributed by atoms with Gasteiger partial charge in [-0.1, -0.05) is 35.5 Å². The molecule has 0 aliphatic rings. The lowest BCUT2D eigenvalue weighted by atomic mass is 10.1. The normalized spacial score (nSPS) is 11.0. The summed E-state index contributed by atoms with van der Waals surface area (Å²) in [6.45, 7) is 0.654. The minimum Gasteiger partial charge on any atom is -0.493 e. The van der Waals surface area contributed by atoms with E-state index in [0.29, 0.717) is 45.8 Å². The van der Waals surface area contributed by atoms with E-state index < -0.39 is 0 Å². The van der Waals surface area contributed by atoms with Crippen LogP contribution in [0.1, 0.15) is 5.56 Å². The first-order chi connectivity index (χ1) is 15.5. The van der Waals surface area contributed by atoms with Crippen LogP contribution in [0.15, 0.2) is 52.8 Å². The van der Waals surface area contributed by atoms with Crippen LogP contribution < -0.4 is 19.9 Å². The van der Waals surface area contributed by atoms with Crippen LogP contribution in [0.3, 0.4) is 0 Å². The number of imidazole rings is 1. The molecule has 0 aliphatic heterocycles. The summed E-state index contributed by atoms with van der Waals surface area (Å²) >= 11 is 7.47. The number of nitrogens with two attached hydrogens (primary N) is 1. The van der Waals surface area contributed by atoms with Crippen LogP contribution in [-0.4, -0.2) is 40.8 Å². The highest BCUT2D eigenvalue weighted by Gasteiger charge is 2.19. The van der Waals surface area contributed by atoms with E-state index in [1.807, 2.05) is 41.0 Å². The molecule has 0 spiro atoms. The van der Waals surface area contributed by atoms with E-state index in [1.165, 1.54) is 18.1 Å². The predicted octanol–water partition coefficient (Wildman–Crippen LogP) is 4.48. The molecule has 0 radical (unpaired) electrons. The molecule has 0 atom stereocenters. The van der Waals surface area contributed by atoms with Gasteiger partial charge < -0.3 is 24.5 Å². The number of hydrogen-bond acceptors (Lipinski definition) is 8. The van der Waals surface area contributed by atoms with Crippen molar-refractivity contribution in [3.63, 3.8) is 0 Å². The first-order valence-electron chi connectivity index (χ1n) is 9.73. The fourth-order valence-electron chi connectivity index (χ4n) is 3.33. The zero-order valence-electron chi connectivity index (χ0n) is 17.8. The van der Waals surface area contributed by atoms with Gasteiger partial charge in [0.25, 0.3) is 0 Å². The summed E-state index contributed by atoms with van der Waals surface area (Å²) in [5.41, 5.74) is 8.48. The van der Waals surface area contributed by atoms with Gasteiger partial charge in [0.1, 0.15) is 6.33 Å². The molecular formula is C22H22ClN5O3S. The van der Waals surface area contributed by atoms with Gasteiger partial charge in [-0.15, -0.1) is 0 Å². The summed E-state index contributed by atoms with van der Waals surface area (Å²) in [4.78, 5) is 14.1. The molecule has 0 saturated heterocycles. The van der Waals surface area contributed by atoms with Crippen molar-refractivity contribution < 1.29 is 14.2 Å². The molecule has 4 rings (SSSR count). The summed E-state index contributed by atoms with van der Waals surface area (Å²) in [6, 6.07) is 11.5. The number of ether oxygens (including phenoxy) is 3. The molecule has 0 bridgehead atoms. The molecule has 166 valence electrons. The maximum Gasteiger partial charge on any atom is 0.203 e. The van der Waals surface area contributed by atoms with E-state index >= 15 is 0 Å². The smallest absolute Gasteiger partial charge is 0.203 e. The Hall–Kier alpha value is -3.17. The topological polar surface area (TPSA) is 97.3 Å². The van der Waals surface area contributed by atoms with Gasteiger partial charge in [0, 0.05) is 16.5 Å². The summed E-state index contributed by atoms with van der Waals surface area (Å²) in [5, 5.41) is 1.44. The third kappa shape index (κ3) is 4.39. The lowest BCUT2D eigenvalue weighted by Gasteiger charge is -2.14. The number of methoxy groups -OCH3 is 3. The van der Waals surface area contributed by atoms with Gasteiger partial charge in [-0.3, -0.25) is 0 Å². The highest BCUT2D eigenvalue weighted by atomic mass is 35.5. The summed E-state index contributed by atoms with van der Waals surface area (Å²) in [7, 11) is 4.75. The number of aromatic nitrogens is 4. The number of fused-ring (bicyclic) bond motifs is 1. The Kier molecular flexibility index (Phi) is 6.57. The van der Waals surface area contributed by atoms with Gasteiger partial charge in [0.15, 0.2) is 33.6 Å². The number of nitrogen functional groups attached to an aromatic ring is 1. The Balaban J connectivity index is 1.73. The van der Waals surface area contributed by atoms with Crippen LogP contribution in [0.25, 0.3) is 11.2 Å². The van der Waals surface area contributed by atoms with Crippen molar-refractivity contribution in [2.24, 2.45) is 0 Å². The minimum atomic E-state index is 0.340. The Morgan fingerprint density at radius 3 is 2.31 bits per heavy atom. The largest absolute Gasteiger partial charge is 0.493 e. The molecule has 32 heavy (non-hydrogen) atoms. The van der Waals surface area contributed by atoms with E-state index in [4.69, 9.17) is 36.5 Å². The van der Waals surface area contributed by atoms with Gasteiger partial charge in [0.2, 0.25) is 5.75 Å². The molecule has 8 nitrogen and oxygen atoms in total. The molecule has 0 amide bonds. The summed E-state index contributed by atoms with van der Waals surface area (Å²) in [6.07, 6.45) is 2.22. The summed E-state index contributed by atoms with van der Waals surface area (Å²) < 4.78 is 18.4. The maximum absolute atomic E-state index is 6.08. The second kappa shape index (κ2) is 9.54. The van der Waals surface area contributed by atoms with Crippen LogP contribution in [0, 0.1) is 0 Å². The number of anilines is 1. The Bertz CT molecular complexity index is 1220. The van der Waals surface area contributed by atoms with Crippen molar-refractivity contribution in [2.75, 3.05) is 27.1 Å². The van der Waals surface area contributed by atoms with Gasteiger partial charge >= 0.3 is 0 Å². The Labute approximate surface area is 194 Å². The number of aryl methyl sites for hydroxylation is 2. The van der Waals surface area contributed by atoms with Gasteiger partial charge in [-0.2, -0.15) is 0 Å². The van der Waals surface area contributed by atoms with Crippen molar-refractivity contribution >= 4 is 40.3 Å². The Morgan fingerprint density at radius 1 is 1.00 bits per heavy atom. The standard InChI is InChI=1S/C22H22ClN5O3S/c1-29-16-10-15(11-17(30-2)19(16)31-3)32-22-27-18-20(24)25-12-26-21(18)28(22)9-8-13-4-6-14(23)7-5-13/h4-7,10-12H,8-9H2,1-3H3,(H2,24,25,26). The van der Waals surface area contributed by atoms with Crippen LogP contribution in [0.4, 0.5) is 5.82 Å². The molecule has 4 aromatic rings. The number of nitrogens with zero attached hydrogens (tertiary/aromatic N) is 4. The monoisotopic (exact) mass is 471 g/mol. The van der Waals surface area contributed by atoms with E-state index in [0.717, 1.165) is 22.0 Å².